The zero-order valence-corrected chi connectivity index (χ0v) is 15.6. The molecule has 6 heteroatoms. The van der Waals surface area contributed by atoms with Crippen LogP contribution in [-0.4, -0.2) is 16.0 Å². The molecular formula is C22H16ClN3O2. The van der Waals surface area contributed by atoms with Gasteiger partial charge in [0, 0.05) is 10.6 Å². The molecule has 0 fully saturated rings. The topological polar surface area (TPSA) is 68.0 Å². The summed E-state index contributed by atoms with van der Waals surface area (Å²) >= 11 is 5.92. The molecule has 0 unspecified atom stereocenters. The number of carbonyl (C=O) groups excluding carboxylic acids is 1. The number of hydrogen-bond acceptors (Lipinski definition) is 4. The smallest absolute Gasteiger partial charge is 0.260 e. The van der Waals surface area contributed by atoms with Crippen molar-refractivity contribution in [3.8, 4) is 22.8 Å². The quantitative estimate of drug-likeness (QED) is 0.507. The lowest BCUT2D eigenvalue weighted by atomic mass is 10.1. The van der Waals surface area contributed by atoms with Gasteiger partial charge in [0.1, 0.15) is 0 Å². The molecule has 0 spiro atoms. The largest absolute Gasteiger partial charge is 0.334 e. The van der Waals surface area contributed by atoms with Crippen LogP contribution in [0.1, 0.15) is 5.56 Å². The van der Waals surface area contributed by atoms with E-state index in [2.05, 4.69) is 15.5 Å². The molecule has 1 amide bonds. The van der Waals surface area contributed by atoms with Gasteiger partial charge in [0.15, 0.2) is 0 Å². The SMILES string of the molecule is O=C(Cc1ccccc1)Nc1ccccc1-c1nc(-c2ccc(Cl)cc2)no1. The Morgan fingerprint density at radius 1 is 0.929 bits per heavy atom. The fourth-order valence-corrected chi connectivity index (χ4v) is 2.93. The van der Waals surface area contributed by atoms with Crippen LogP contribution in [0.15, 0.2) is 83.4 Å². The van der Waals surface area contributed by atoms with Gasteiger partial charge in [-0.15, -0.1) is 0 Å². The Morgan fingerprint density at radius 2 is 1.64 bits per heavy atom. The van der Waals surface area contributed by atoms with Crippen molar-refractivity contribution in [2.45, 2.75) is 6.42 Å². The Hall–Kier alpha value is -3.44. The van der Waals surface area contributed by atoms with Gasteiger partial charge in [0.2, 0.25) is 11.7 Å². The zero-order chi connectivity index (χ0) is 19.3. The van der Waals surface area contributed by atoms with E-state index in [4.69, 9.17) is 16.1 Å². The van der Waals surface area contributed by atoms with E-state index in [1.54, 1.807) is 12.1 Å². The first-order chi connectivity index (χ1) is 13.7. The number of rotatable bonds is 5. The third kappa shape index (κ3) is 4.10. The van der Waals surface area contributed by atoms with Gasteiger partial charge in [0.25, 0.3) is 5.89 Å². The number of para-hydroxylation sites is 1. The first-order valence-corrected chi connectivity index (χ1v) is 9.10. The first-order valence-electron chi connectivity index (χ1n) is 8.72. The third-order valence-electron chi connectivity index (χ3n) is 4.17. The molecule has 3 aromatic carbocycles. The average molecular weight is 390 g/mol. The number of nitrogens with zero attached hydrogens (tertiary/aromatic N) is 2. The number of nitrogens with one attached hydrogen (secondary N) is 1. The zero-order valence-electron chi connectivity index (χ0n) is 14.8. The monoisotopic (exact) mass is 389 g/mol. The maximum atomic E-state index is 12.4. The second-order valence-corrected chi connectivity index (χ2v) is 6.62. The second kappa shape index (κ2) is 8.06. The lowest BCUT2D eigenvalue weighted by molar-refractivity contribution is -0.115. The molecule has 1 aromatic heterocycles. The first kappa shape index (κ1) is 17.9. The number of halogens is 1. The van der Waals surface area contributed by atoms with Crippen molar-refractivity contribution >= 4 is 23.2 Å². The highest BCUT2D eigenvalue weighted by Crippen LogP contribution is 2.29. The summed E-state index contributed by atoms with van der Waals surface area (Å²) in [6.07, 6.45) is 0.287. The predicted octanol–water partition coefficient (Wildman–Crippen LogP) is 5.24. The normalized spacial score (nSPS) is 10.6. The van der Waals surface area contributed by atoms with E-state index in [0.29, 0.717) is 28.0 Å². The molecule has 0 saturated heterocycles. The summed E-state index contributed by atoms with van der Waals surface area (Å²) in [5, 5.41) is 7.61. The fraction of sp³-hybridized carbons (Fsp3) is 0.0455. The van der Waals surface area contributed by atoms with Crippen molar-refractivity contribution in [2.75, 3.05) is 5.32 Å². The Morgan fingerprint density at radius 3 is 2.43 bits per heavy atom. The molecule has 0 bridgehead atoms. The maximum Gasteiger partial charge on any atom is 0.260 e. The molecule has 28 heavy (non-hydrogen) atoms. The van der Waals surface area contributed by atoms with Crippen molar-refractivity contribution in [1.29, 1.82) is 0 Å². The third-order valence-corrected chi connectivity index (χ3v) is 4.42. The van der Waals surface area contributed by atoms with Crippen LogP contribution in [0.2, 0.25) is 5.02 Å². The van der Waals surface area contributed by atoms with E-state index in [-0.39, 0.29) is 12.3 Å². The Kier molecular flexibility index (Phi) is 5.17. The molecule has 1 N–H and O–H groups in total. The van der Waals surface area contributed by atoms with Gasteiger partial charge in [0.05, 0.1) is 17.7 Å². The van der Waals surface area contributed by atoms with Crippen LogP contribution in [0.5, 0.6) is 0 Å². The van der Waals surface area contributed by atoms with Crippen LogP contribution >= 0.6 is 11.6 Å². The summed E-state index contributed by atoms with van der Waals surface area (Å²) in [4.78, 5) is 16.9. The van der Waals surface area contributed by atoms with Gasteiger partial charge < -0.3 is 9.84 Å². The highest BCUT2D eigenvalue weighted by molar-refractivity contribution is 6.30. The molecule has 0 aliphatic heterocycles. The minimum Gasteiger partial charge on any atom is -0.334 e. The van der Waals surface area contributed by atoms with E-state index in [1.807, 2.05) is 66.7 Å². The minimum atomic E-state index is -0.115. The number of carbonyl (C=O) groups is 1. The van der Waals surface area contributed by atoms with Gasteiger partial charge in [-0.2, -0.15) is 4.98 Å². The summed E-state index contributed by atoms with van der Waals surface area (Å²) < 4.78 is 5.43. The van der Waals surface area contributed by atoms with Crippen LogP contribution in [0, 0.1) is 0 Å². The molecule has 0 radical (unpaired) electrons. The van der Waals surface area contributed by atoms with Crippen LogP contribution < -0.4 is 5.32 Å². The number of anilines is 1. The molecule has 0 aliphatic carbocycles. The molecule has 4 aromatic rings. The van der Waals surface area contributed by atoms with Crippen LogP contribution in [-0.2, 0) is 11.2 Å². The number of hydrogen-bond donors (Lipinski definition) is 1. The van der Waals surface area contributed by atoms with Crippen LogP contribution in [0.4, 0.5) is 5.69 Å². The average Bonchev–Trinajstić information content (AvgIpc) is 3.19. The van der Waals surface area contributed by atoms with E-state index in [0.717, 1.165) is 11.1 Å². The maximum absolute atomic E-state index is 12.4. The summed E-state index contributed by atoms with van der Waals surface area (Å²) in [6.45, 7) is 0. The van der Waals surface area contributed by atoms with E-state index in [1.165, 1.54) is 0 Å². The van der Waals surface area contributed by atoms with Crippen molar-refractivity contribution in [1.82, 2.24) is 10.1 Å². The molecule has 4 rings (SSSR count). The highest BCUT2D eigenvalue weighted by atomic mass is 35.5. The summed E-state index contributed by atoms with van der Waals surface area (Å²) in [7, 11) is 0. The van der Waals surface area contributed by atoms with E-state index >= 15 is 0 Å². The van der Waals surface area contributed by atoms with Crippen LogP contribution in [0.25, 0.3) is 22.8 Å². The van der Waals surface area contributed by atoms with Crippen molar-refractivity contribution < 1.29 is 9.32 Å². The van der Waals surface area contributed by atoms with Crippen molar-refractivity contribution in [3.63, 3.8) is 0 Å². The molecule has 0 saturated carbocycles. The minimum absolute atomic E-state index is 0.115. The summed E-state index contributed by atoms with van der Waals surface area (Å²) in [5.74, 6) is 0.675. The van der Waals surface area contributed by atoms with Gasteiger partial charge >= 0.3 is 0 Å². The lowest BCUT2D eigenvalue weighted by Crippen LogP contribution is -2.14. The van der Waals surface area contributed by atoms with E-state index in [9.17, 15) is 4.79 Å². The number of aromatic nitrogens is 2. The predicted molar refractivity (Wildman–Crippen MR) is 109 cm³/mol. The second-order valence-electron chi connectivity index (χ2n) is 6.19. The van der Waals surface area contributed by atoms with Crippen LogP contribution in [0.3, 0.4) is 0 Å². The number of amides is 1. The summed E-state index contributed by atoms with van der Waals surface area (Å²) in [5.41, 5.74) is 3.02. The molecule has 0 atom stereocenters. The van der Waals surface area contributed by atoms with Crippen molar-refractivity contribution in [3.05, 3.63) is 89.4 Å². The Labute approximate surface area is 167 Å². The highest BCUT2D eigenvalue weighted by Gasteiger charge is 2.15. The molecule has 5 nitrogen and oxygen atoms in total. The molecule has 138 valence electrons. The van der Waals surface area contributed by atoms with E-state index < -0.39 is 0 Å². The Balaban J connectivity index is 1.56. The van der Waals surface area contributed by atoms with Gasteiger partial charge in [-0.05, 0) is 42.0 Å². The molecule has 1 heterocycles. The summed E-state index contributed by atoms with van der Waals surface area (Å²) in [6, 6.07) is 24.1. The van der Waals surface area contributed by atoms with Gasteiger partial charge in [-0.25, -0.2) is 0 Å². The standard InChI is InChI=1S/C22H16ClN3O2/c23-17-12-10-16(11-13-17)21-25-22(28-26-21)18-8-4-5-9-19(18)24-20(27)14-15-6-2-1-3-7-15/h1-13H,14H2,(H,24,27). The molecule has 0 aliphatic rings. The number of benzene rings is 3. The fourth-order valence-electron chi connectivity index (χ4n) is 2.80. The van der Waals surface area contributed by atoms with Gasteiger partial charge in [-0.1, -0.05) is 59.2 Å². The molecular weight excluding hydrogens is 374 g/mol. The van der Waals surface area contributed by atoms with Gasteiger partial charge in [-0.3, -0.25) is 4.79 Å². The Bertz CT molecular complexity index is 1090. The van der Waals surface area contributed by atoms with Crippen molar-refractivity contribution in [2.24, 2.45) is 0 Å². The lowest BCUT2D eigenvalue weighted by Gasteiger charge is -2.08.